The molecule has 0 radical (unpaired) electrons. The molecule has 0 N–H and O–H groups in total. The lowest BCUT2D eigenvalue weighted by atomic mass is 10.3. The van der Waals surface area contributed by atoms with Crippen molar-refractivity contribution in [1.82, 2.24) is 9.88 Å². The Morgan fingerprint density at radius 3 is 2.42 bits per heavy atom. The Labute approximate surface area is 112 Å². The van der Waals surface area contributed by atoms with Crippen LogP contribution in [0.2, 0.25) is 0 Å². The van der Waals surface area contributed by atoms with Crippen LogP contribution in [0.4, 0.5) is 10.2 Å². The third-order valence-electron chi connectivity index (χ3n) is 3.34. The number of hydrogen-bond acceptors (Lipinski definition) is 5. The number of hydrogen-bond donors (Lipinski definition) is 0. The van der Waals surface area contributed by atoms with Gasteiger partial charge in [0.1, 0.15) is 11.6 Å². The molecule has 0 amide bonds. The van der Waals surface area contributed by atoms with Gasteiger partial charge >= 0.3 is 0 Å². The summed E-state index contributed by atoms with van der Waals surface area (Å²) >= 11 is 0. The van der Waals surface area contributed by atoms with Gasteiger partial charge in [-0.3, -0.25) is 4.90 Å². The number of halogens is 1. The molecule has 0 spiro atoms. The molecule has 6 heteroatoms. The fourth-order valence-electron chi connectivity index (χ4n) is 2.17. The van der Waals surface area contributed by atoms with Gasteiger partial charge < -0.3 is 14.4 Å². The predicted molar refractivity (Wildman–Crippen MR) is 70.7 cm³/mol. The van der Waals surface area contributed by atoms with E-state index in [1.165, 1.54) is 12.3 Å². The van der Waals surface area contributed by atoms with Gasteiger partial charge in [-0.25, -0.2) is 9.37 Å². The molecule has 1 fully saturated rings. The SMILES string of the molecule is COC(CN1CCN(c2ccc(F)cn2)CC1)OC. The van der Waals surface area contributed by atoms with E-state index in [0.29, 0.717) is 0 Å². The molecule has 19 heavy (non-hydrogen) atoms. The third-order valence-corrected chi connectivity index (χ3v) is 3.34. The summed E-state index contributed by atoms with van der Waals surface area (Å²) in [5.74, 6) is 0.529. The van der Waals surface area contributed by atoms with Gasteiger partial charge in [0.2, 0.25) is 0 Å². The zero-order valence-electron chi connectivity index (χ0n) is 11.4. The molecule has 0 atom stereocenters. The fourth-order valence-corrected chi connectivity index (χ4v) is 2.17. The van der Waals surface area contributed by atoms with E-state index >= 15 is 0 Å². The van der Waals surface area contributed by atoms with Crippen molar-refractivity contribution in [2.75, 3.05) is 51.8 Å². The van der Waals surface area contributed by atoms with E-state index in [4.69, 9.17) is 9.47 Å². The van der Waals surface area contributed by atoms with Crippen LogP contribution in [0.5, 0.6) is 0 Å². The average molecular weight is 269 g/mol. The first-order valence-electron chi connectivity index (χ1n) is 6.37. The van der Waals surface area contributed by atoms with Crippen molar-refractivity contribution >= 4 is 5.82 Å². The molecule has 1 saturated heterocycles. The van der Waals surface area contributed by atoms with Gasteiger partial charge in [-0.1, -0.05) is 0 Å². The second-order valence-electron chi connectivity index (χ2n) is 4.52. The maximum absolute atomic E-state index is 12.8. The molecule has 106 valence electrons. The Balaban J connectivity index is 1.83. The van der Waals surface area contributed by atoms with E-state index in [9.17, 15) is 4.39 Å². The van der Waals surface area contributed by atoms with Crippen LogP contribution < -0.4 is 4.90 Å². The van der Waals surface area contributed by atoms with Crippen LogP contribution in [-0.2, 0) is 9.47 Å². The Bertz CT molecular complexity index is 376. The lowest BCUT2D eigenvalue weighted by Crippen LogP contribution is -2.49. The number of ether oxygens (including phenoxy) is 2. The van der Waals surface area contributed by atoms with Crippen molar-refractivity contribution in [3.05, 3.63) is 24.1 Å². The summed E-state index contributed by atoms with van der Waals surface area (Å²) in [5, 5.41) is 0. The largest absolute Gasteiger partial charge is 0.355 e. The summed E-state index contributed by atoms with van der Waals surface area (Å²) in [7, 11) is 3.29. The Hall–Kier alpha value is -1.24. The van der Waals surface area contributed by atoms with Crippen molar-refractivity contribution in [3.63, 3.8) is 0 Å². The number of pyridine rings is 1. The average Bonchev–Trinajstić information content (AvgIpc) is 2.46. The van der Waals surface area contributed by atoms with Gasteiger partial charge in [-0.05, 0) is 12.1 Å². The van der Waals surface area contributed by atoms with E-state index in [0.717, 1.165) is 38.5 Å². The lowest BCUT2D eigenvalue weighted by molar-refractivity contribution is -0.116. The first-order chi connectivity index (χ1) is 9.22. The normalized spacial score (nSPS) is 17.2. The summed E-state index contributed by atoms with van der Waals surface area (Å²) < 4.78 is 23.2. The second kappa shape index (κ2) is 6.79. The smallest absolute Gasteiger partial charge is 0.169 e. The molecule has 2 heterocycles. The molecule has 5 nitrogen and oxygen atoms in total. The van der Waals surface area contributed by atoms with Gasteiger partial charge in [0, 0.05) is 46.9 Å². The van der Waals surface area contributed by atoms with E-state index < -0.39 is 0 Å². The molecule has 0 bridgehead atoms. The zero-order valence-corrected chi connectivity index (χ0v) is 11.4. The highest BCUT2D eigenvalue weighted by Crippen LogP contribution is 2.14. The van der Waals surface area contributed by atoms with Crippen LogP contribution in [0.3, 0.4) is 0 Å². The molecule has 2 rings (SSSR count). The van der Waals surface area contributed by atoms with Gasteiger partial charge in [-0.15, -0.1) is 0 Å². The van der Waals surface area contributed by atoms with E-state index in [2.05, 4.69) is 14.8 Å². The van der Waals surface area contributed by atoms with Crippen LogP contribution in [0.25, 0.3) is 0 Å². The van der Waals surface area contributed by atoms with Gasteiger partial charge in [-0.2, -0.15) is 0 Å². The standard InChI is InChI=1S/C13H20FN3O2/c1-18-13(19-2)10-16-5-7-17(8-6-16)12-4-3-11(14)9-15-12/h3-4,9,13H,5-8,10H2,1-2H3. The van der Waals surface area contributed by atoms with Crippen molar-refractivity contribution in [2.24, 2.45) is 0 Å². The summed E-state index contributed by atoms with van der Waals surface area (Å²) in [6, 6.07) is 3.17. The molecular formula is C13H20FN3O2. The summed E-state index contributed by atoms with van der Waals surface area (Å²) in [5.41, 5.74) is 0. The topological polar surface area (TPSA) is 37.8 Å². The minimum atomic E-state index is -0.301. The number of aromatic nitrogens is 1. The molecule has 0 saturated carbocycles. The number of nitrogens with zero attached hydrogens (tertiary/aromatic N) is 3. The maximum Gasteiger partial charge on any atom is 0.169 e. The van der Waals surface area contributed by atoms with Crippen LogP contribution in [0, 0.1) is 5.82 Å². The highest BCUT2D eigenvalue weighted by Gasteiger charge is 2.20. The number of piperazine rings is 1. The maximum atomic E-state index is 12.8. The van der Waals surface area contributed by atoms with Gasteiger partial charge in [0.15, 0.2) is 6.29 Å². The van der Waals surface area contributed by atoms with Crippen LogP contribution in [0.15, 0.2) is 18.3 Å². The minimum Gasteiger partial charge on any atom is -0.355 e. The Morgan fingerprint density at radius 2 is 1.89 bits per heavy atom. The monoisotopic (exact) mass is 269 g/mol. The first-order valence-corrected chi connectivity index (χ1v) is 6.37. The van der Waals surface area contributed by atoms with Gasteiger partial charge in [0.25, 0.3) is 0 Å². The van der Waals surface area contributed by atoms with Crippen molar-refractivity contribution in [2.45, 2.75) is 6.29 Å². The van der Waals surface area contributed by atoms with E-state index in [-0.39, 0.29) is 12.1 Å². The fraction of sp³-hybridized carbons (Fsp3) is 0.615. The molecule has 1 aromatic rings. The van der Waals surface area contributed by atoms with Crippen LogP contribution in [0.1, 0.15) is 0 Å². The summed E-state index contributed by atoms with van der Waals surface area (Å²) in [6.45, 7) is 4.35. The van der Waals surface area contributed by atoms with Crippen molar-refractivity contribution in [1.29, 1.82) is 0 Å². The highest BCUT2D eigenvalue weighted by atomic mass is 19.1. The van der Waals surface area contributed by atoms with Crippen LogP contribution in [-0.4, -0.2) is 63.1 Å². The van der Waals surface area contributed by atoms with Gasteiger partial charge in [0.05, 0.1) is 6.20 Å². The van der Waals surface area contributed by atoms with Crippen molar-refractivity contribution in [3.8, 4) is 0 Å². The number of anilines is 1. The summed E-state index contributed by atoms with van der Waals surface area (Å²) in [4.78, 5) is 8.55. The molecule has 1 aliphatic rings. The van der Waals surface area contributed by atoms with Crippen molar-refractivity contribution < 1.29 is 13.9 Å². The zero-order chi connectivity index (χ0) is 13.7. The predicted octanol–water partition coefficient (Wildman–Crippen LogP) is 0.962. The molecular weight excluding hydrogens is 249 g/mol. The van der Waals surface area contributed by atoms with E-state index in [1.807, 2.05) is 0 Å². The Morgan fingerprint density at radius 1 is 1.21 bits per heavy atom. The minimum absolute atomic E-state index is 0.185. The molecule has 0 unspecified atom stereocenters. The quantitative estimate of drug-likeness (QED) is 0.744. The Kier molecular flexibility index (Phi) is 5.07. The molecule has 1 aliphatic heterocycles. The second-order valence-corrected chi connectivity index (χ2v) is 4.52. The molecule has 1 aromatic heterocycles. The first kappa shape index (κ1) is 14.2. The molecule has 0 aliphatic carbocycles. The van der Waals surface area contributed by atoms with E-state index in [1.54, 1.807) is 20.3 Å². The lowest BCUT2D eigenvalue weighted by Gasteiger charge is -2.36. The summed E-state index contributed by atoms with van der Waals surface area (Å²) in [6.07, 6.45) is 1.07. The van der Waals surface area contributed by atoms with Crippen LogP contribution >= 0.6 is 0 Å². The number of rotatable bonds is 5. The molecule has 0 aromatic carbocycles. The third kappa shape index (κ3) is 3.86. The highest BCUT2D eigenvalue weighted by molar-refractivity contribution is 5.38. The number of methoxy groups -OCH3 is 2.